The minimum Gasteiger partial charge on any atom is -0.467 e. The molecule has 1 aromatic rings. The fourth-order valence-corrected chi connectivity index (χ4v) is 3.52. The molecule has 5 nitrogen and oxygen atoms in total. The molecule has 0 aliphatic heterocycles. The molecule has 1 atom stereocenters. The van der Waals surface area contributed by atoms with Crippen molar-refractivity contribution in [1.29, 1.82) is 0 Å². The van der Waals surface area contributed by atoms with Gasteiger partial charge in [-0.3, -0.25) is 14.5 Å². The van der Waals surface area contributed by atoms with Crippen molar-refractivity contribution >= 4 is 50.4 Å². The fraction of sp³-hybridized carbons (Fsp3) is 0.421. The summed E-state index contributed by atoms with van der Waals surface area (Å²) in [6.45, 7) is 9.01. The van der Waals surface area contributed by atoms with Crippen molar-refractivity contribution in [3.05, 3.63) is 39.4 Å². The Morgan fingerprint density at radius 1 is 1.27 bits per heavy atom. The Morgan fingerprint density at radius 2 is 1.88 bits per heavy atom. The van der Waals surface area contributed by atoms with Gasteiger partial charge in [-0.2, -0.15) is 0 Å². The molecule has 0 aromatic heterocycles. The second kappa shape index (κ2) is 9.92. The van der Waals surface area contributed by atoms with Crippen molar-refractivity contribution in [2.24, 2.45) is 0 Å². The normalized spacial score (nSPS) is 11.5. The Balaban J connectivity index is 3.25. The molecule has 142 valence electrons. The third kappa shape index (κ3) is 5.71. The Labute approximate surface area is 167 Å². The highest BCUT2D eigenvalue weighted by molar-refractivity contribution is 9.10. The number of rotatable bonds is 6. The summed E-state index contributed by atoms with van der Waals surface area (Å²) in [4.78, 5) is 38.3. The van der Waals surface area contributed by atoms with E-state index in [4.69, 9.17) is 4.74 Å². The van der Waals surface area contributed by atoms with E-state index in [1.807, 2.05) is 39.8 Å². The second-order valence-electron chi connectivity index (χ2n) is 6.13. The lowest BCUT2D eigenvalue weighted by Gasteiger charge is -2.30. The third-order valence-electron chi connectivity index (χ3n) is 3.75. The minimum atomic E-state index is -0.807. The average Bonchev–Trinajstić information content (AvgIpc) is 2.58. The smallest absolute Gasteiger partial charge is 0.328 e. The van der Waals surface area contributed by atoms with Gasteiger partial charge in [0.2, 0.25) is 11.0 Å². The molecule has 1 rings (SSSR count). The van der Waals surface area contributed by atoms with Gasteiger partial charge in [-0.15, -0.1) is 0 Å². The molecule has 0 N–H and O–H groups in total. The van der Waals surface area contributed by atoms with Gasteiger partial charge in [0.15, 0.2) is 0 Å². The van der Waals surface area contributed by atoms with Crippen molar-refractivity contribution in [2.45, 2.75) is 40.7 Å². The Bertz CT molecular complexity index is 741. The summed E-state index contributed by atoms with van der Waals surface area (Å²) < 4.78 is 5.66. The van der Waals surface area contributed by atoms with Gasteiger partial charge in [-0.1, -0.05) is 39.3 Å². The molecule has 0 saturated carbocycles. The van der Waals surface area contributed by atoms with Crippen LogP contribution in [0.4, 0.5) is 5.69 Å². The third-order valence-corrected chi connectivity index (χ3v) is 5.40. The topological polar surface area (TPSA) is 63.7 Å². The predicted octanol–water partition coefficient (Wildman–Crippen LogP) is 4.19. The lowest BCUT2D eigenvalue weighted by molar-refractivity contribution is -0.142. The summed E-state index contributed by atoms with van der Waals surface area (Å²) in [7, 11) is 1.29. The summed E-state index contributed by atoms with van der Waals surface area (Å²) in [6.07, 6.45) is 1.49. The molecule has 0 fully saturated rings. The predicted molar refractivity (Wildman–Crippen MR) is 109 cm³/mol. The van der Waals surface area contributed by atoms with Crippen molar-refractivity contribution in [1.82, 2.24) is 0 Å². The van der Waals surface area contributed by atoms with Crippen LogP contribution in [0.25, 0.3) is 0 Å². The molecule has 0 bridgehead atoms. The number of hydrogen-bond acceptors (Lipinski definition) is 5. The molecular formula is C19H24BrNO4S. The summed E-state index contributed by atoms with van der Waals surface area (Å²) >= 11 is 4.39. The number of anilines is 1. The number of ether oxygens (including phenoxy) is 1. The highest BCUT2D eigenvalue weighted by atomic mass is 79.9. The van der Waals surface area contributed by atoms with Gasteiger partial charge in [0.25, 0.3) is 0 Å². The molecule has 7 heteroatoms. The number of aryl methyl sites for hydroxylation is 1. The van der Waals surface area contributed by atoms with Crippen molar-refractivity contribution < 1.29 is 19.1 Å². The molecule has 1 unspecified atom stereocenters. The Hall–Kier alpha value is -1.60. The minimum absolute atomic E-state index is 0.0602. The first kappa shape index (κ1) is 22.4. The van der Waals surface area contributed by atoms with Gasteiger partial charge < -0.3 is 4.74 Å². The second-order valence-corrected chi connectivity index (χ2v) is 7.96. The number of methoxy groups -OCH3 is 1. The fourth-order valence-electron chi connectivity index (χ4n) is 2.47. The van der Waals surface area contributed by atoms with E-state index in [1.54, 1.807) is 6.92 Å². The lowest BCUT2D eigenvalue weighted by Crippen LogP contribution is -2.45. The molecule has 0 heterocycles. The van der Waals surface area contributed by atoms with E-state index >= 15 is 0 Å². The van der Waals surface area contributed by atoms with Crippen molar-refractivity contribution in [3.8, 4) is 0 Å². The van der Waals surface area contributed by atoms with Crippen LogP contribution >= 0.6 is 27.7 Å². The van der Waals surface area contributed by atoms with Gasteiger partial charge in [-0.25, -0.2) is 4.79 Å². The van der Waals surface area contributed by atoms with Crippen LogP contribution in [-0.2, 0) is 19.1 Å². The number of esters is 1. The van der Waals surface area contributed by atoms with Crippen LogP contribution in [0.1, 0.15) is 31.9 Å². The van der Waals surface area contributed by atoms with Crippen LogP contribution in [0.5, 0.6) is 0 Å². The molecule has 1 amide bonds. The first-order chi connectivity index (χ1) is 12.1. The summed E-state index contributed by atoms with van der Waals surface area (Å²) in [5, 5.41) is -0.188. The van der Waals surface area contributed by atoms with Gasteiger partial charge in [0.05, 0.1) is 18.6 Å². The molecule has 0 radical (unpaired) electrons. The maximum absolute atomic E-state index is 12.9. The number of carbonyl (C=O) groups excluding carboxylic acids is 3. The van der Waals surface area contributed by atoms with Crippen LogP contribution < -0.4 is 4.90 Å². The van der Waals surface area contributed by atoms with E-state index in [-0.39, 0.29) is 16.8 Å². The van der Waals surface area contributed by atoms with Crippen LogP contribution in [0.3, 0.4) is 0 Å². The van der Waals surface area contributed by atoms with Crippen molar-refractivity contribution in [3.63, 3.8) is 0 Å². The maximum atomic E-state index is 12.9. The summed E-state index contributed by atoms with van der Waals surface area (Å²) in [6, 6.07) is 2.96. The Kier molecular flexibility index (Phi) is 8.56. The zero-order valence-electron chi connectivity index (χ0n) is 15.9. The lowest BCUT2D eigenvalue weighted by atomic mass is 10.1. The van der Waals surface area contributed by atoms with E-state index in [9.17, 15) is 14.4 Å². The zero-order chi connectivity index (χ0) is 20.0. The number of halogens is 1. The highest BCUT2D eigenvalue weighted by Gasteiger charge is 2.30. The van der Waals surface area contributed by atoms with Gasteiger partial charge in [-0.05, 0) is 57.9 Å². The largest absolute Gasteiger partial charge is 0.467 e. The highest BCUT2D eigenvalue weighted by Crippen LogP contribution is 2.32. The van der Waals surface area contributed by atoms with E-state index in [0.717, 1.165) is 32.9 Å². The first-order valence-electron chi connectivity index (χ1n) is 8.07. The van der Waals surface area contributed by atoms with Gasteiger partial charge >= 0.3 is 5.97 Å². The molecule has 0 aliphatic carbocycles. The van der Waals surface area contributed by atoms with E-state index in [1.165, 1.54) is 18.1 Å². The Morgan fingerprint density at radius 3 is 2.42 bits per heavy atom. The molecule has 0 saturated heterocycles. The number of thioether (sulfide) groups is 1. The van der Waals surface area contributed by atoms with Gasteiger partial charge in [0.1, 0.15) is 6.04 Å². The van der Waals surface area contributed by atoms with E-state index in [0.29, 0.717) is 5.69 Å². The first-order valence-corrected chi connectivity index (χ1v) is 9.85. The quantitative estimate of drug-likeness (QED) is 0.489. The van der Waals surface area contributed by atoms with Crippen LogP contribution in [0, 0.1) is 13.8 Å². The zero-order valence-corrected chi connectivity index (χ0v) is 18.3. The molecule has 1 aromatic carbocycles. The summed E-state index contributed by atoms with van der Waals surface area (Å²) in [5.41, 5.74) is 3.22. The standard InChI is InChI=1S/C19H24BrNO4S/c1-11(2)9-17(23)26-10-16(22)21(14(5)19(24)25-6)18-12(3)7-8-15(20)13(18)4/h7-9,14H,10H2,1-6H3. The molecule has 0 aliphatic rings. The maximum Gasteiger partial charge on any atom is 0.328 e. The number of allylic oxidation sites excluding steroid dienone is 1. The number of amides is 1. The average molecular weight is 442 g/mol. The SMILES string of the molecule is COC(=O)C(C)N(C(=O)CSC(=O)C=C(C)C)c1c(C)ccc(Br)c1C. The summed E-state index contributed by atoms with van der Waals surface area (Å²) in [5.74, 6) is -0.902. The van der Waals surface area contributed by atoms with Crippen LogP contribution in [0.2, 0.25) is 0 Å². The molecular weight excluding hydrogens is 418 g/mol. The number of benzene rings is 1. The van der Waals surface area contributed by atoms with Crippen LogP contribution in [-0.4, -0.2) is 35.9 Å². The van der Waals surface area contributed by atoms with Crippen molar-refractivity contribution in [2.75, 3.05) is 17.8 Å². The number of carbonyl (C=O) groups is 3. The molecule has 0 spiro atoms. The van der Waals surface area contributed by atoms with Gasteiger partial charge in [0, 0.05) is 4.47 Å². The number of hydrogen-bond donors (Lipinski definition) is 0. The molecule has 26 heavy (non-hydrogen) atoms. The van der Waals surface area contributed by atoms with Crippen LogP contribution in [0.15, 0.2) is 28.3 Å². The van der Waals surface area contributed by atoms with E-state index < -0.39 is 12.0 Å². The van der Waals surface area contributed by atoms with E-state index in [2.05, 4.69) is 15.9 Å². The number of nitrogens with zero attached hydrogens (tertiary/aromatic N) is 1. The monoisotopic (exact) mass is 441 g/mol.